The molecule has 70 valence electrons. The minimum Gasteiger partial charge on any atom is -0.382 e. The molecule has 2 heterocycles. The summed E-state index contributed by atoms with van der Waals surface area (Å²) in [5.74, 6) is 0.870. The summed E-state index contributed by atoms with van der Waals surface area (Å²) < 4.78 is 0. The minimum absolute atomic E-state index is 0.435. The summed E-state index contributed by atoms with van der Waals surface area (Å²) in [7, 11) is 0. The molecule has 2 aliphatic rings. The lowest BCUT2D eigenvalue weighted by Crippen LogP contribution is -2.38. The second-order valence-corrected chi connectivity index (χ2v) is 3.28. The molecule has 0 bridgehead atoms. The fourth-order valence-corrected chi connectivity index (χ4v) is 1.23. The van der Waals surface area contributed by atoms with Gasteiger partial charge in [-0.15, -0.1) is 10.6 Å². The highest BCUT2D eigenvalue weighted by atomic mass is 15.8. The predicted molar refractivity (Wildman–Crippen MR) is 51.0 cm³/mol. The summed E-state index contributed by atoms with van der Waals surface area (Å²) in [6.07, 6.45) is 5.90. The number of hydrogen-bond donors (Lipinski definition) is 3. The summed E-state index contributed by atoms with van der Waals surface area (Å²) in [6, 6.07) is 0.435. The topological polar surface area (TPSA) is 51.7 Å². The van der Waals surface area contributed by atoms with Gasteiger partial charge in [0, 0.05) is 12.2 Å². The largest absolute Gasteiger partial charge is 0.382 e. The molecule has 0 saturated carbocycles. The van der Waals surface area contributed by atoms with E-state index in [1.54, 1.807) is 0 Å². The van der Waals surface area contributed by atoms with Crippen LogP contribution in [0.25, 0.3) is 0 Å². The molecule has 3 N–H and O–H groups in total. The molecule has 13 heavy (non-hydrogen) atoms. The van der Waals surface area contributed by atoms with Crippen LogP contribution in [0.4, 0.5) is 0 Å². The Morgan fingerprint density at radius 2 is 2.31 bits per heavy atom. The zero-order chi connectivity index (χ0) is 9.26. The van der Waals surface area contributed by atoms with E-state index in [2.05, 4.69) is 35.3 Å². The van der Waals surface area contributed by atoms with E-state index >= 15 is 0 Å². The number of allylic oxidation sites excluding steroid dienone is 1. The first-order valence-corrected chi connectivity index (χ1v) is 4.30. The van der Waals surface area contributed by atoms with Crippen molar-refractivity contribution in [3.05, 3.63) is 24.0 Å². The second kappa shape index (κ2) is 3.10. The highest BCUT2D eigenvalue weighted by Crippen LogP contribution is 2.07. The third-order valence-corrected chi connectivity index (χ3v) is 1.72. The number of fused-ring (bicyclic) bond motifs is 1. The van der Waals surface area contributed by atoms with Crippen LogP contribution < -0.4 is 16.4 Å². The van der Waals surface area contributed by atoms with Crippen LogP contribution in [0.3, 0.4) is 0 Å². The normalized spacial score (nSPS) is 19.5. The van der Waals surface area contributed by atoms with E-state index in [0.717, 1.165) is 11.5 Å². The molecule has 0 saturated heterocycles. The summed E-state index contributed by atoms with van der Waals surface area (Å²) >= 11 is 0. The standard InChI is InChI=1S/C8H13N5/c1-6(2)9-7-3-4-8-10-11-12-13(8)5-7/h3-6,9,11-12H,1-2H3. The zero-order valence-electron chi connectivity index (χ0n) is 7.70. The van der Waals surface area contributed by atoms with Gasteiger partial charge in [0.25, 0.3) is 0 Å². The molecule has 2 aliphatic heterocycles. The van der Waals surface area contributed by atoms with Gasteiger partial charge < -0.3 is 5.32 Å². The Kier molecular flexibility index (Phi) is 1.94. The Balaban J connectivity index is 2.08. The number of hydrogen-bond acceptors (Lipinski definition) is 5. The van der Waals surface area contributed by atoms with Crippen LogP contribution in [-0.2, 0) is 0 Å². The molecule has 0 radical (unpaired) electrons. The monoisotopic (exact) mass is 179 g/mol. The van der Waals surface area contributed by atoms with Gasteiger partial charge in [0.1, 0.15) is 0 Å². The maximum absolute atomic E-state index is 3.99. The van der Waals surface area contributed by atoms with Crippen LogP contribution in [0.1, 0.15) is 13.8 Å². The van der Waals surface area contributed by atoms with Gasteiger partial charge >= 0.3 is 0 Å². The van der Waals surface area contributed by atoms with Crippen molar-refractivity contribution < 1.29 is 0 Å². The first-order valence-electron chi connectivity index (χ1n) is 4.30. The van der Waals surface area contributed by atoms with Crippen molar-refractivity contribution in [3.8, 4) is 0 Å². The fourth-order valence-electron chi connectivity index (χ4n) is 1.23. The van der Waals surface area contributed by atoms with E-state index in [1.165, 1.54) is 0 Å². The number of hydrazine groups is 2. The highest BCUT2D eigenvalue weighted by molar-refractivity contribution is 5.95. The van der Waals surface area contributed by atoms with E-state index in [4.69, 9.17) is 0 Å². The lowest BCUT2D eigenvalue weighted by Gasteiger charge is -2.19. The van der Waals surface area contributed by atoms with E-state index < -0.39 is 0 Å². The summed E-state index contributed by atoms with van der Waals surface area (Å²) in [5.41, 5.74) is 6.63. The Hall–Kier alpha value is -1.49. The van der Waals surface area contributed by atoms with Crippen molar-refractivity contribution in [3.63, 3.8) is 0 Å². The zero-order valence-corrected chi connectivity index (χ0v) is 7.70. The van der Waals surface area contributed by atoms with E-state index in [0.29, 0.717) is 6.04 Å². The van der Waals surface area contributed by atoms with Gasteiger partial charge in [-0.25, -0.2) is 10.5 Å². The first kappa shape index (κ1) is 8.12. The summed E-state index contributed by atoms with van der Waals surface area (Å²) in [5, 5.41) is 9.12. The first-order chi connectivity index (χ1) is 6.25. The van der Waals surface area contributed by atoms with Crippen LogP contribution in [0.2, 0.25) is 0 Å². The molecule has 0 aromatic heterocycles. The SMILES string of the molecule is CC(C)NC1=CN2NNN=C2C=C1. The van der Waals surface area contributed by atoms with Gasteiger partial charge in [0.15, 0.2) is 5.84 Å². The molecule has 2 rings (SSSR count). The van der Waals surface area contributed by atoms with Crippen LogP contribution >= 0.6 is 0 Å². The van der Waals surface area contributed by atoms with Crippen LogP contribution in [-0.4, -0.2) is 16.9 Å². The quantitative estimate of drug-likeness (QED) is 0.560. The molecule has 0 amide bonds. The van der Waals surface area contributed by atoms with E-state index in [-0.39, 0.29) is 0 Å². The molecule has 0 spiro atoms. The lowest BCUT2D eigenvalue weighted by atomic mass is 10.3. The molecule has 5 heteroatoms. The van der Waals surface area contributed by atoms with Crippen molar-refractivity contribution in [2.45, 2.75) is 19.9 Å². The van der Waals surface area contributed by atoms with Gasteiger partial charge in [-0.3, -0.25) is 0 Å². The smallest absolute Gasteiger partial charge is 0.170 e. The molecule has 0 aromatic rings. The van der Waals surface area contributed by atoms with Crippen LogP contribution in [0, 0.1) is 0 Å². The molecule has 0 aliphatic carbocycles. The number of amidine groups is 1. The van der Waals surface area contributed by atoms with Gasteiger partial charge in [0.2, 0.25) is 0 Å². The molecule has 0 atom stereocenters. The third-order valence-electron chi connectivity index (χ3n) is 1.72. The third kappa shape index (κ3) is 1.65. The van der Waals surface area contributed by atoms with Crippen molar-refractivity contribution in [2.75, 3.05) is 0 Å². The second-order valence-electron chi connectivity index (χ2n) is 3.28. The molecular weight excluding hydrogens is 166 g/mol. The molecular formula is C8H13N5. The maximum Gasteiger partial charge on any atom is 0.170 e. The summed E-state index contributed by atoms with van der Waals surface area (Å²) in [6.45, 7) is 4.21. The van der Waals surface area contributed by atoms with Crippen molar-refractivity contribution in [1.82, 2.24) is 21.4 Å². The average Bonchev–Trinajstić information content (AvgIpc) is 2.49. The number of hydrazone groups is 1. The molecule has 0 fully saturated rings. The summed E-state index contributed by atoms with van der Waals surface area (Å²) in [4.78, 5) is 0. The number of rotatable bonds is 2. The van der Waals surface area contributed by atoms with Crippen molar-refractivity contribution in [1.29, 1.82) is 0 Å². The maximum atomic E-state index is 3.99. The number of nitrogens with one attached hydrogen (secondary N) is 3. The fraction of sp³-hybridized carbons (Fsp3) is 0.375. The Morgan fingerprint density at radius 1 is 1.46 bits per heavy atom. The van der Waals surface area contributed by atoms with Gasteiger partial charge in [-0.1, -0.05) is 0 Å². The molecule has 0 unspecified atom stereocenters. The predicted octanol–water partition coefficient (Wildman–Crippen LogP) is 0.0339. The Labute approximate surface area is 77.1 Å². The molecule has 5 nitrogen and oxygen atoms in total. The average molecular weight is 179 g/mol. The van der Waals surface area contributed by atoms with Gasteiger partial charge in [-0.05, 0) is 26.0 Å². The van der Waals surface area contributed by atoms with Crippen LogP contribution in [0.15, 0.2) is 29.2 Å². The number of nitrogens with zero attached hydrogens (tertiary/aromatic N) is 2. The Bertz CT molecular complexity index is 289. The minimum atomic E-state index is 0.435. The molecule has 0 aromatic carbocycles. The van der Waals surface area contributed by atoms with Crippen molar-refractivity contribution >= 4 is 5.84 Å². The Morgan fingerprint density at radius 3 is 3.08 bits per heavy atom. The van der Waals surface area contributed by atoms with Crippen molar-refractivity contribution in [2.24, 2.45) is 5.10 Å². The van der Waals surface area contributed by atoms with E-state index in [1.807, 2.05) is 23.4 Å². The van der Waals surface area contributed by atoms with Gasteiger partial charge in [0.05, 0.1) is 5.70 Å². The van der Waals surface area contributed by atoms with Crippen LogP contribution in [0.5, 0.6) is 0 Å². The lowest BCUT2D eigenvalue weighted by molar-refractivity contribution is 0.377. The highest BCUT2D eigenvalue weighted by Gasteiger charge is 2.15. The van der Waals surface area contributed by atoms with Gasteiger partial charge in [-0.2, -0.15) is 0 Å². The van der Waals surface area contributed by atoms with E-state index in [9.17, 15) is 0 Å².